The molecule has 0 saturated carbocycles. The zero-order chi connectivity index (χ0) is 18.7. The maximum Gasteiger partial charge on any atom is 0.222 e. The number of fused-ring (bicyclic) bond motifs is 1. The lowest BCUT2D eigenvalue weighted by Crippen LogP contribution is -2.43. The Balaban J connectivity index is 1.96. The lowest BCUT2D eigenvalue weighted by molar-refractivity contribution is -0.122. The SMILES string of the molecule is N=C(SC1(NC(=O)CCN)CCc2ccccc21)c1cc(F)ccc1F. The number of thioether (sulfide) groups is 1. The first kappa shape index (κ1) is 18.5. The second-order valence-corrected chi connectivity index (χ2v) is 7.44. The molecule has 1 aliphatic carbocycles. The maximum absolute atomic E-state index is 14.1. The zero-order valence-corrected chi connectivity index (χ0v) is 14.8. The number of benzene rings is 2. The van der Waals surface area contributed by atoms with Gasteiger partial charge in [-0.05, 0) is 42.2 Å². The highest BCUT2D eigenvalue weighted by Gasteiger charge is 2.42. The van der Waals surface area contributed by atoms with Gasteiger partial charge in [-0.2, -0.15) is 0 Å². The molecular formula is C19H19F2N3OS. The molecule has 0 radical (unpaired) electrons. The number of amides is 1. The van der Waals surface area contributed by atoms with Crippen LogP contribution in [0.15, 0.2) is 42.5 Å². The topological polar surface area (TPSA) is 79.0 Å². The van der Waals surface area contributed by atoms with Crippen LogP contribution in [0.1, 0.15) is 29.5 Å². The molecule has 0 spiro atoms. The van der Waals surface area contributed by atoms with Crippen LogP contribution in [-0.4, -0.2) is 17.5 Å². The molecule has 2 aromatic rings. The van der Waals surface area contributed by atoms with Crippen LogP contribution in [0.25, 0.3) is 0 Å². The number of nitrogens with two attached hydrogens (primary N) is 1. The van der Waals surface area contributed by atoms with Crippen molar-refractivity contribution >= 4 is 22.7 Å². The Hall–Kier alpha value is -2.25. The Morgan fingerprint density at radius 1 is 1.27 bits per heavy atom. The Labute approximate surface area is 154 Å². The number of aryl methyl sites for hydroxylation is 1. The Morgan fingerprint density at radius 3 is 2.81 bits per heavy atom. The second-order valence-electron chi connectivity index (χ2n) is 6.13. The van der Waals surface area contributed by atoms with Gasteiger partial charge >= 0.3 is 0 Å². The summed E-state index contributed by atoms with van der Waals surface area (Å²) < 4.78 is 27.6. The Morgan fingerprint density at radius 2 is 2.04 bits per heavy atom. The van der Waals surface area contributed by atoms with Gasteiger partial charge in [-0.3, -0.25) is 10.2 Å². The third-order valence-corrected chi connectivity index (χ3v) is 5.66. The minimum absolute atomic E-state index is 0.119. The molecule has 0 fully saturated rings. The largest absolute Gasteiger partial charge is 0.337 e. The number of hydrogen-bond donors (Lipinski definition) is 3. The fourth-order valence-corrected chi connectivity index (χ4v) is 4.45. The van der Waals surface area contributed by atoms with Gasteiger partial charge in [0.25, 0.3) is 0 Å². The van der Waals surface area contributed by atoms with Gasteiger partial charge in [-0.15, -0.1) is 0 Å². The number of carbonyl (C=O) groups excluding carboxylic acids is 1. The molecule has 0 bridgehead atoms. The molecule has 0 aliphatic heterocycles. The average molecular weight is 375 g/mol. The minimum atomic E-state index is -0.890. The van der Waals surface area contributed by atoms with Crippen molar-refractivity contribution in [3.63, 3.8) is 0 Å². The maximum atomic E-state index is 14.1. The summed E-state index contributed by atoms with van der Waals surface area (Å²) in [6, 6.07) is 10.7. The predicted octanol–water partition coefficient (Wildman–Crippen LogP) is 3.29. The van der Waals surface area contributed by atoms with Crippen molar-refractivity contribution in [1.29, 1.82) is 5.41 Å². The molecule has 7 heteroatoms. The number of carbonyl (C=O) groups is 1. The molecule has 0 heterocycles. The number of hydrogen-bond acceptors (Lipinski definition) is 4. The molecule has 0 aromatic heterocycles. The van der Waals surface area contributed by atoms with E-state index in [0.29, 0.717) is 6.42 Å². The normalized spacial score (nSPS) is 18.4. The van der Waals surface area contributed by atoms with E-state index in [9.17, 15) is 13.6 Å². The van der Waals surface area contributed by atoms with Crippen LogP contribution >= 0.6 is 11.8 Å². The van der Waals surface area contributed by atoms with E-state index in [1.54, 1.807) is 0 Å². The summed E-state index contributed by atoms with van der Waals surface area (Å²) in [6.45, 7) is 0.212. The second kappa shape index (κ2) is 7.55. The van der Waals surface area contributed by atoms with Gasteiger partial charge in [0, 0.05) is 18.5 Å². The van der Waals surface area contributed by atoms with Gasteiger partial charge < -0.3 is 11.1 Å². The molecule has 3 rings (SSSR count). The summed E-state index contributed by atoms with van der Waals surface area (Å²) in [6.07, 6.45) is 1.45. The van der Waals surface area contributed by atoms with Crippen LogP contribution in [0, 0.1) is 17.0 Å². The molecule has 136 valence electrons. The van der Waals surface area contributed by atoms with Crippen LogP contribution in [0.3, 0.4) is 0 Å². The van der Waals surface area contributed by atoms with Crippen molar-refractivity contribution in [2.24, 2.45) is 5.73 Å². The summed E-state index contributed by atoms with van der Waals surface area (Å²) in [5.74, 6) is -1.51. The van der Waals surface area contributed by atoms with Gasteiger partial charge in [0.15, 0.2) is 0 Å². The smallest absolute Gasteiger partial charge is 0.222 e. The van der Waals surface area contributed by atoms with E-state index in [4.69, 9.17) is 11.1 Å². The summed E-state index contributed by atoms with van der Waals surface area (Å²) in [4.78, 5) is 11.4. The third kappa shape index (κ3) is 3.64. The van der Waals surface area contributed by atoms with Crippen molar-refractivity contribution in [2.45, 2.75) is 24.1 Å². The minimum Gasteiger partial charge on any atom is -0.337 e. The van der Waals surface area contributed by atoms with Crippen molar-refractivity contribution in [1.82, 2.24) is 5.32 Å². The van der Waals surface area contributed by atoms with Gasteiger partial charge in [0.05, 0.1) is 5.04 Å². The highest BCUT2D eigenvalue weighted by molar-refractivity contribution is 8.15. The summed E-state index contributed by atoms with van der Waals surface area (Å²) in [5.41, 5.74) is 7.31. The van der Waals surface area contributed by atoms with E-state index < -0.39 is 16.5 Å². The molecule has 1 unspecified atom stereocenters. The first-order chi connectivity index (χ1) is 12.4. The molecule has 4 nitrogen and oxygen atoms in total. The Kier molecular flexibility index (Phi) is 5.38. The fraction of sp³-hybridized carbons (Fsp3) is 0.263. The quantitative estimate of drug-likeness (QED) is 0.426. The first-order valence-corrected chi connectivity index (χ1v) is 9.09. The van der Waals surface area contributed by atoms with E-state index in [0.717, 1.165) is 47.5 Å². The first-order valence-electron chi connectivity index (χ1n) is 8.27. The van der Waals surface area contributed by atoms with E-state index in [-0.39, 0.29) is 29.5 Å². The average Bonchev–Trinajstić information content (AvgIpc) is 2.96. The van der Waals surface area contributed by atoms with Gasteiger partial charge in [0.2, 0.25) is 5.91 Å². The summed E-state index contributed by atoms with van der Waals surface area (Å²) >= 11 is 1.03. The van der Waals surface area contributed by atoms with Crippen molar-refractivity contribution in [3.05, 3.63) is 70.8 Å². The monoisotopic (exact) mass is 375 g/mol. The fourth-order valence-electron chi connectivity index (χ4n) is 3.16. The molecule has 4 N–H and O–H groups in total. The summed E-state index contributed by atoms with van der Waals surface area (Å²) in [7, 11) is 0. The number of nitrogens with one attached hydrogen (secondary N) is 2. The van der Waals surface area contributed by atoms with Gasteiger partial charge in [-0.25, -0.2) is 8.78 Å². The van der Waals surface area contributed by atoms with E-state index >= 15 is 0 Å². The predicted molar refractivity (Wildman–Crippen MR) is 99.0 cm³/mol. The van der Waals surface area contributed by atoms with Crippen LogP contribution in [-0.2, 0) is 16.1 Å². The van der Waals surface area contributed by atoms with Crippen molar-refractivity contribution in [2.75, 3.05) is 6.54 Å². The molecule has 1 atom stereocenters. The number of halogens is 2. The standard InChI is InChI=1S/C19H19F2N3OS/c20-13-5-6-16(21)14(11-13)18(23)26-19(24-17(25)8-10-22)9-7-12-3-1-2-4-15(12)19/h1-6,11,23H,7-10,22H2,(H,24,25). The lowest BCUT2D eigenvalue weighted by Gasteiger charge is -2.31. The van der Waals surface area contributed by atoms with Gasteiger partial charge in [-0.1, -0.05) is 36.0 Å². The Bertz CT molecular complexity index is 858. The van der Waals surface area contributed by atoms with Crippen LogP contribution in [0.2, 0.25) is 0 Å². The highest BCUT2D eigenvalue weighted by atomic mass is 32.2. The van der Waals surface area contributed by atoms with E-state index in [2.05, 4.69) is 5.32 Å². The zero-order valence-electron chi connectivity index (χ0n) is 14.0. The van der Waals surface area contributed by atoms with Crippen LogP contribution < -0.4 is 11.1 Å². The summed E-state index contributed by atoms with van der Waals surface area (Å²) in [5, 5.41) is 11.2. The lowest BCUT2D eigenvalue weighted by atomic mass is 10.1. The molecule has 0 saturated heterocycles. The molecule has 26 heavy (non-hydrogen) atoms. The van der Waals surface area contributed by atoms with Crippen LogP contribution in [0.5, 0.6) is 0 Å². The molecular weight excluding hydrogens is 356 g/mol. The third-order valence-electron chi connectivity index (χ3n) is 4.36. The van der Waals surface area contributed by atoms with Gasteiger partial charge in [0.1, 0.15) is 16.5 Å². The van der Waals surface area contributed by atoms with Crippen molar-refractivity contribution < 1.29 is 13.6 Å². The van der Waals surface area contributed by atoms with E-state index in [1.807, 2.05) is 24.3 Å². The van der Waals surface area contributed by atoms with E-state index in [1.165, 1.54) is 0 Å². The molecule has 1 amide bonds. The molecule has 2 aromatic carbocycles. The highest BCUT2D eigenvalue weighted by Crippen LogP contribution is 2.46. The van der Waals surface area contributed by atoms with Crippen molar-refractivity contribution in [3.8, 4) is 0 Å². The molecule has 1 aliphatic rings. The number of rotatable bonds is 5. The van der Waals surface area contributed by atoms with Crippen LogP contribution in [0.4, 0.5) is 8.78 Å².